The van der Waals surface area contributed by atoms with Crippen LogP contribution in [-0.4, -0.2) is 9.97 Å². The minimum Gasteiger partial charge on any atom is -0.310 e. The molecule has 0 spiro atoms. The fourth-order valence-electron chi connectivity index (χ4n) is 9.82. The first kappa shape index (κ1) is 37.4. The second-order valence-electron chi connectivity index (χ2n) is 17.5. The third kappa shape index (κ3) is 6.13. The Hall–Kier alpha value is -7.56. The highest BCUT2D eigenvalue weighted by Crippen LogP contribution is 2.55. The summed E-state index contributed by atoms with van der Waals surface area (Å²) in [6.45, 7) is 9.36. The van der Waals surface area contributed by atoms with Crippen LogP contribution < -0.4 is 9.80 Å². The van der Waals surface area contributed by atoms with Gasteiger partial charge in [0, 0.05) is 38.9 Å². The first-order chi connectivity index (χ1) is 30.3. The van der Waals surface area contributed by atoms with Crippen LogP contribution in [0.15, 0.2) is 206 Å². The first-order valence-electron chi connectivity index (χ1n) is 21.5. The van der Waals surface area contributed by atoms with Gasteiger partial charge in [0.25, 0.3) is 0 Å². The van der Waals surface area contributed by atoms with Crippen LogP contribution in [0.1, 0.15) is 49.9 Å². The number of rotatable bonds is 6. The van der Waals surface area contributed by atoms with Gasteiger partial charge >= 0.3 is 0 Å². The van der Waals surface area contributed by atoms with Crippen LogP contribution in [0.3, 0.4) is 0 Å². The molecule has 4 heteroatoms. The predicted molar refractivity (Wildman–Crippen MR) is 257 cm³/mol. The average Bonchev–Trinajstić information content (AvgIpc) is 3.32. The summed E-state index contributed by atoms with van der Waals surface area (Å²) in [7, 11) is 0. The zero-order valence-electron chi connectivity index (χ0n) is 35.4. The molecule has 0 N–H and O–H groups in total. The maximum Gasteiger partial charge on any atom is 0.160 e. The zero-order valence-corrected chi connectivity index (χ0v) is 35.4. The average molecular weight is 799 g/mol. The molecule has 0 atom stereocenters. The summed E-state index contributed by atoms with van der Waals surface area (Å²) in [6.07, 6.45) is 0. The lowest BCUT2D eigenvalue weighted by Gasteiger charge is -2.43. The number of hydrogen-bond donors (Lipinski definition) is 0. The van der Waals surface area contributed by atoms with E-state index in [2.05, 4.69) is 238 Å². The van der Waals surface area contributed by atoms with Crippen molar-refractivity contribution in [3.63, 3.8) is 0 Å². The molecule has 2 aliphatic rings. The van der Waals surface area contributed by atoms with Crippen LogP contribution >= 0.6 is 0 Å². The van der Waals surface area contributed by atoms with Gasteiger partial charge < -0.3 is 9.80 Å². The van der Waals surface area contributed by atoms with Crippen molar-refractivity contribution in [2.24, 2.45) is 0 Å². The van der Waals surface area contributed by atoms with Crippen molar-refractivity contribution in [1.82, 2.24) is 9.97 Å². The van der Waals surface area contributed by atoms with Crippen molar-refractivity contribution in [1.29, 1.82) is 0 Å². The summed E-state index contributed by atoms with van der Waals surface area (Å²) in [5.41, 5.74) is 18.6. The number of hydrogen-bond acceptors (Lipinski definition) is 4. The van der Waals surface area contributed by atoms with Gasteiger partial charge in [0.05, 0.1) is 34.1 Å². The molecule has 1 aromatic heterocycles. The van der Waals surface area contributed by atoms with E-state index in [1.54, 1.807) is 0 Å². The lowest BCUT2D eigenvalue weighted by atomic mass is 9.73. The molecule has 11 rings (SSSR count). The molecule has 0 bridgehead atoms. The number of nitrogens with zero attached hydrogens (tertiary/aromatic N) is 4. The highest BCUT2D eigenvalue weighted by molar-refractivity contribution is 5.93. The van der Waals surface area contributed by atoms with Crippen LogP contribution in [0.2, 0.25) is 0 Å². The Morgan fingerprint density at radius 2 is 0.645 bits per heavy atom. The monoisotopic (exact) mass is 798 g/mol. The summed E-state index contributed by atoms with van der Waals surface area (Å²) >= 11 is 0. The van der Waals surface area contributed by atoms with Crippen molar-refractivity contribution >= 4 is 34.1 Å². The molecule has 8 aromatic carbocycles. The van der Waals surface area contributed by atoms with Crippen molar-refractivity contribution in [3.8, 4) is 45.0 Å². The maximum absolute atomic E-state index is 5.41. The molecule has 62 heavy (non-hydrogen) atoms. The Balaban J connectivity index is 1.17. The highest BCUT2D eigenvalue weighted by Gasteiger charge is 2.39. The molecule has 9 aromatic rings. The lowest BCUT2D eigenvalue weighted by Crippen LogP contribution is -2.31. The van der Waals surface area contributed by atoms with Crippen molar-refractivity contribution in [3.05, 3.63) is 229 Å². The number of benzene rings is 8. The fraction of sp³-hybridized carbons (Fsp3) is 0.103. The maximum atomic E-state index is 5.41. The molecule has 0 fully saturated rings. The molecule has 0 saturated heterocycles. The van der Waals surface area contributed by atoms with Crippen molar-refractivity contribution in [2.75, 3.05) is 9.80 Å². The molecule has 4 nitrogen and oxygen atoms in total. The van der Waals surface area contributed by atoms with Crippen LogP contribution in [0.5, 0.6) is 0 Å². The zero-order chi connectivity index (χ0) is 42.0. The Kier molecular flexibility index (Phi) is 8.80. The third-order valence-corrected chi connectivity index (χ3v) is 13.0. The normalized spacial score (nSPS) is 14.3. The van der Waals surface area contributed by atoms with Crippen LogP contribution in [0.4, 0.5) is 34.1 Å². The SMILES string of the molecule is CC1(C)c2ccccc2N(c2cc(-c3cc(-c4ccc(-c5ccccc5)cc4)nc(-c4ccccc4)n3)cc(N3c4ccccc4C(C)(C)c4ccccc43)c2)c2ccccc21. The van der Waals surface area contributed by atoms with Gasteiger partial charge in [-0.3, -0.25) is 0 Å². The van der Waals surface area contributed by atoms with Gasteiger partial charge in [0.15, 0.2) is 5.82 Å². The van der Waals surface area contributed by atoms with E-state index in [4.69, 9.17) is 9.97 Å². The third-order valence-electron chi connectivity index (χ3n) is 13.0. The Morgan fingerprint density at radius 1 is 0.306 bits per heavy atom. The second-order valence-corrected chi connectivity index (χ2v) is 17.5. The van der Waals surface area contributed by atoms with Gasteiger partial charge in [0.1, 0.15) is 0 Å². The quantitative estimate of drug-likeness (QED) is 0.168. The minimum atomic E-state index is -0.192. The van der Waals surface area contributed by atoms with E-state index in [1.165, 1.54) is 56.1 Å². The summed E-state index contributed by atoms with van der Waals surface area (Å²) in [4.78, 5) is 15.6. The van der Waals surface area contributed by atoms with Gasteiger partial charge in [0.2, 0.25) is 0 Å². The molecule has 2 aliphatic heterocycles. The van der Waals surface area contributed by atoms with E-state index in [-0.39, 0.29) is 10.8 Å². The van der Waals surface area contributed by atoms with Crippen molar-refractivity contribution in [2.45, 2.75) is 38.5 Å². The molecule has 0 unspecified atom stereocenters. The van der Waals surface area contributed by atoms with Crippen LogP contribution in [-0.2, 0) is 10.8 Å². The first-order valence-corrected chi connectivity index (χ1v) is 21.5. The summed E-state index contributed by atoms with van der Waals surface area (Å²) in [5.74, 6) is 0.683. The number of aromatic nitrogens is 2. The van der Waals surface area contributed by atoms with Crippen LogP contribution in [0, 0.1) is 0 Å². The Labute approximate surface area is 364 Å². The molecule has 0 radical (unpaired) electrons. The van der Waals surface area contributed by atoms with E-state index in [0.29, 0.717) is 5.82 Å². The van der Waals surface area contributed by atoms with Crippen LogP contribution in [0.25, 0.3) is 45.0 Å². The summed E-state index contributed by atoms with van der Waals surface area (Å²) in [6, 6.07) is 74.2. The smallest absolute Gasteiger partial charge is 0.160 e. The predicted octanol–water partition coefficient (Wildman–Crippen LogP) is 15.4. The summed E-state index contributed by atoms with van der Waals surface area (Å²) < 4.78 is 0. The largest absolute Gasteiger partial charge is 0.310 e. The molecule has 3 heterocycles. The van der Waals surface area contributed by atoms with E-state index in [0.717, 1.165) is 39.5 Å². The summed E-state index contributed by atoms with van der Waals surface area (Å²) in [5, 5.41) is 0. The minimum absolute atomic E-state index is 0.192. The molecular weight excluding hydrogens is 753 g/mol. The second kappa shape index (κ2) is 14.6. The van der Waals surface area contributed by atoms with E-state index in [9.17, 15) is 0 Å². The molecule has 0 saturated carbocycles. The van der Waals surface area contributed by atoms with Gasteiger partial charge in [-0.2, -0.15) is 0 Å². The van der Waals surface area contributed by atoms with Gasteiger partial charge in [-0.25, -0.2) is 9.97 Å². The number of anilines is 6. The molecule has 0 amide bonds. The van der Waals surface area contributed by atoms with E-state index >= 15 is 0 Å². The molecule has 0 aliphatic carbocycles. The lowest BCUT2D eigenvalue weighted by molar-refractivity contribution is 0.631. The van der Waals surface area contributed by atoms with Gasteiger partial charge in [-0.15, -0.1) is 0 Å². The highest BCUT2D eigenvalue weighted by atomic mass is 15.2. The van der Waals surface area contributed by atoms with Gasteiger partial charge in [-0.1, -0.05) is 185 Å². The number of para-hydroxylation sites is 4. The molecule has 298 valence electrons. The standard InChI is InChI=1S/C58H46N4/c1-57(2)46-23-11-15-27-52(46)61(53-28-16-12-24-47(53)57)44-35-43(36-45(37-44)62-54-29-17-13-25-48(54)58(3,4)49-26-14-18-30-55(49)62)51-38-50(59-56(60-51)42-21-9-6-10-22-42)41-33-31-40(32-34-41)39-19-7-5-8-20-39/h5-38H,1-4H3. The van der Waals surface area contributed by atoms with Crippen molar-refractivity contribution < 1.29 is 0 Å². The number of fused-ring (bicyclic) bond motifs is 4. The van der Waals surface area contributed by atoms with E-state index in [1.807, 2.05) is 6.07 Å². The Bertz CT molecular complexity index is 2910. The van der Waals surface area contributed by atoms with E-state index < -0.39 is 0 Å². The van der Waals surface area contributed by atoms with Gasteiger partial charge in [-0.05, 0) is 81.9 Å². The fourth-order valence-corrected chi connectivity index (χ4v) is 9.82. The Morgan fingerprint density at radius 3 is 1.08 bits per heavy atom. The molecular formula is C58H46N4. The topological polar surface area (TPSA) is 32.3 Å².